The molecule has 0 aromatic heterocycles. The molecule has 1 aromatic carbocycles. The maximum atomic E-state index is 9.67. The number of aliphatic hydroxyl groups is 1. The van der Waals surface area contributed by atoms with Crippen molar-refractivity contribution in [2.24, 2.45) is 0 Å². The molecule has 1 atom stereocenters. The predicted molar refractivity (Wildman–Crippen MR) is 73.1 cm³/mol. The van der Waals surface area contributed by atoms with Crippen molar-refractivity contribution >= 4 is 15.9 Å². The number of nitrogens with zero attached hydrogens (tertiary/aromatic N) is 1. The maximum Gasteiger partial charge on any atom is 0.0628 e. The van der Waals surface area contributed by atoms with E-state index in [1.54, 1.807) is 0 Å². The number of piperazine rings is 1. The molecule has 1 heterocycles. The molecular weight excluding hydrogens is 280 g/mol. The first-order chi connectivity index (χ1) is 8.22. The molecule has 1 aliphatic heterocycles. The Kier molecular flexibility index (Phi) is 4.56. The molecule has 0 amide bonds. The van der Waals surface area contributed by atoms with Gasteiger partial charge in [0.2, 0.25) is 0 Å². The Hall–Kier alpha value is -0.420. The fraction of sp³-hybridized carbons (Fsp3) is 0.538. The van der Waals surface area contributed by atoms with Crippen molar-refractivity contribution < 1.29 is 5.11 Å². The van der Waals surface area contributed by atoms with Crippen LogP contribution in [0.2, 0.25) is 0 Å². The van der Waals surface area contributed by atoms with Gasteiger partial charge in [-0.05, 0) is 30.2 Å². The van der Waals surface area contributed by atoms with Gasteiger partial charge >= 0.3 is 0 Å². The largest absolute Gasteiger partial charge is 0.394 e. The molecular formula is C13H19BrN2O. The summed E-state index contributed by atoms with van der Waals surface area (Å²) >= 11 is 3.51. The van der Waals surface area contributed by atoms with E-state index in [9.17, 15) is 5.11 Å². The number of rotatable bonds is 3. The summed E-state index contributed by atoms with van der Waals surface area (Å²) in [5.41, 5.74) is 2.47. The summed E-state index contributed by atoms with van der Waals surface area (Å²) < 4.78 is 1.08. The number of hydrogen-bond acceptors (Lipinski definition) is 3. The summed E-state index contributed by atoms with van der Waals surface area (Å²) in [6.07, 6.45) is 0. The Bertz CT molecular complexity index is 378. The van der Waals surface area contributed by atoms with E-state index in [1.807, 2.05) is 6.07 Å². The molecule has 1 aliphatic rings. The molecule has 1 aromatic rings. The minimum absolute atomic E-state index is 0.120. The molecule has 2 N–H and O–H groups in total. The van der Waals surface area contributed by atoms with E-state index in [4.69, 9.17) is 0 Å². The Morgan fingerprint density at radius 2 is 2.12 bits per heavy atom. The van der Waals surface area contributed by atoms with E-state index in [1.165, 1.54) is 11.1 Å². The van der Waals surface area contributed by atoms with Gasteiger partial charge in [0.05, 0.1) is 12.6 Å². The van der Waals surface area contributed by atoms with Gasteiger partial charge in [-0.3, -0.25) is 4.90 Å². The smallest absolute Gasteiger partial charge is 0.0628 e. The quantitative estimate of drug-likeness (QED) is 0.892. The molecule has 3 nitrogen and oxygen atoms in total. The summed E-state index contributed by atoms with van der Waals surface area (Å²) in [6.45, 7) is 6.28. The van der Waals surface area contributed by atoms with Crippen LogP contribution in [-0.2, 0) is 0 Å². The van der Waals surface area contributed by atoms with Crippen LogP contribution >= 0.6 is 15.9 Å². The number of benzene rings is 1. The van der Waals surface area contributed by atoms with E-state index in [0.717, 1.165) is 30.7 Å². The average Bonchev–Trinajstić information content (AvgIpc) is 2.36. The highest BCUT2D eigenvalue weighted by Crippen LogP contribution is 2.26. The molecule has 0 spiro atoms. The fourth-order valence-corrected chi connectivity index (χ4v) is 2.75. The van der Waals surface area contributed by atoms with E-state index in [-0.39, 0.29) is 12.6 Å². The van der Waals surface area contributed by atoms with Gasteiger partial charge in [0.25, 0.3) is 0 Å². The first-order valence-corrected chi connectivity index (χ1v) is 6.83. The highest BCUT2D eigenvalue weighted by Gasteiger charge is 2.22. The van der Waals surface area contributed by atoms with Crippen LogP contribution in [0.1, 0.15) is 17.2 Å². The van der Waals surface area contributed by atoms with Crippen LogP contribution in [-0.4, -0.2) is 42.8 Å². The van der Waals surface area contributed by atoms with Crippen molar-refractivity contribution in [3.05, 3.63) is 33.8 Å². The van der Waals surface area contributed by atoms with Crippen LogP contribution in [0.4, 0.5) is 0 Å². The zero-order valence-electron chi connectivity index (χ0n) is 10.1. The minimum atomic E-state index is 0.120. The third-order valence-electron chi connectivity index (χ3n) is 3.37. The van der Waals surface area contributed by atoms with Crippen molar-refractivity contribution in [2.45, 2.75) is 13.0 Å². The number of hydrogen-bond donors (Lipinski definition) is 2. The summed E-state index contributed by atoms with van der Waals surface area (Å²) in [4.78, 5) is 2.35. The molecule has 1 fully saturated rings. The second kappa shape index (κ2) is 5.96. The predicted octanol–water partition coefficient (Wildman–Crippen LogP) is 1.70. The number of aryl methyl sites for hydroxylation is 1. The van der Waals surface area contributed by atoms with E-state index >= 15 is 0 Å². The molecule has 17 heavy (non-hydrogen) atoms. The first-order valence-electron chi connectivity index (χ1n) is 6.04. The van der Waals surface area contributed by atoms with Gasteiger partial charge in [-0.15, -0.1) is 0 Å². The van der Waals surface area contributed by atoms with Gasteiger partial charge < -0.3 is 10.4 Å². The molecule has 94 valence electrons. The Labute approximate surface area is 111 Å². The van der Waals surface area contributed by atoms with Crippen LogP contribution in [0.25, 0.3) is 0 Å². The second-order valence-electron chi connectivity index (χ2n) is 4.49. The molecule has 0 unspecified atom stereocenters. The third kappa shape index (κ3) is 3.07. The maximum absolute atomic E-state index is 9.67. The lowest BCUT2D eigenvalue weighted by Gasteiger charge is -2.34. The van der Waals surface area contributed by atoms with E-state index in [0.29, 0.717) is 0 Å². The van der Waals surface area contributed by atoms with Gasteiger partial charge in [0, 0.05) is 30.7 Å². The fourth-order valence-electron chi connectivity index (χ4n) is 2.37. The van der Waals surface area contributed by atoms with Crippen molar-refractivity contribution in [3.63, 3.8) is 0 Å². The minimum Gasteiger partial charge on any atom is -0.394 e. The normalized spacial score (nSPS) is 19.2. The van der Waals surface area contributed by atoms with Crippen LogP contribution in [0.5, 0.6) is 0 Å². The highest BCUT2D eigenvalue weighted by atomic mass is 79.9. The van der Waals surface area contributed by atoms with Gasteiger partial charge in [0.1, 0.15) is 0 Å². The molecule has 0 radical (unpaired) electrons. The van der Waals surface area contributed by atoms with Gasteiger partial charge in [0.15, 0.2) is 0 Å². The molecule has 1 saturated heterocycles. The Morgan fingerprint density at radius 1 is 1.41 bits per heavy atom. The van der Waals surface area contributed by atoms with Crippen LogP contribution in [0, 0.1) is 6.92 Å². The van der Waals surface area contributed by atoms with E-state index < -0.39 is 0 Å². The van der Waals surface area contributed by atoms with Crippen molar-refractivity contribution in [1.82, 2.24) is 10.2 Å². The summed E-state index contributed by atoms with van der Waals surface area (Å²) in [5, 5.41) is 13.0. The lowest BCUT2D eigenvalue weighted by molar-refractivity contribution is 0.110. The summed E-state index contributed by atoms with van der Waals surface area (Å²) in [6, 6.07) is 6.39. The van der Waals surface area contributed by atoms with Crippen molar-refractivity contribution in [2.75, 3.05) is 32.8 Å². The summed E-state index contributed by atoms with van der Waals surface area (Å²) in [5.74, 6) is 0. The average molecular weight is 299 g/mol. The molecule has 0 bridgehead atoms. The zero-order valence-corrected chi connectivity index (χ0v) is 11.7. The topological polar surface area (TPSA) is 35.5 Å². The number of aliphatic hydroxyl groups excluding tert-OH is 1. The van der Waals surface area contributed by atoms with Crippen LogP contribution in [0.15, 0.2) is 22.7 Å². The third-order valence-corrected chi connectivity index (χ3v) is 3.86. The Morgan fingerprint density at radius 3 is 2.76 bits per heavy atom. The molecule has 2 rings (SSSR count). The van der Waals surface area contributed by atoms with Crippen molar-refractivity contribution in [1.29, 1.82) is 0 Å². The SMILES string of the molecule is Cc1ccc(Br)cc1[C@H](CO)N1CCNCC1. The van der Waals surface area contributed by atoms with Gasteiger partial charge in [-0.1, -0.05) is 22.0 Å². The van der Waals surface area contributed by atoms with E-state index in [2.05, 4.69) is 45.2 Å². The molecule has 4 heteroatoms. The monoisotopic (exact) mass is 298 g/mol. The van der Waals surface area contributed by atoms with Gasteiger partial charge in [-0.25, -0.2) is 0 Å². The summed E-state index contributed by atoms with van der Waals surface area (Å²) in [7, 11) is 0. The van der Waals surface area contributed by atoms with Gasteiger partial charge in [-0.2, -0.15) is 0 Å². The highest BCUT2D eigenvalue weighted by molar-refractivity contribution is 9.10. The standard InChI is InChI=1S/C13H19BrN2O/c1-10-2-3-11(14)8-12(10)13(9-17)16-6-4-15-5-7-16/h2-3,8,13,15,17H,4-7,9H2,1H3/t13-/m0/s1. The molecule has 0 aliphatic carbocycles. The van der Waals surface area contributed by atoms with Crippen LogP contribution < -0.4 is 5.32 Å². The zero-order chi connectivity index (χ0) is 12.3. The first kappa shape index (κ1) is 13.0. The lowest BCUT2D eigenvalue weighted by Crippen LogP contribution is -2.46. The number of nitrogens with one attached hydrogen (secondary N) is 1. The second-order valence-corrected chi connectivity index (χ2v) is 5.40. The molecule has 0 saturated carbocycles. The lowest BCUT2D eigenvalue weighted by atomic mass is 10.00. The number of halogens is 1. The van der Waals surface area contributed by atoms with Crippen molar-refractivity contribution in [3.8, 4) is 0 Å². The van der Waals surface area contributed by atoms with Crippen LogP contribution in [0.3, 0.4) is 0 Å². The Balaban J connectivity index is 2.24.